The Labute approximate surface area is 167 Å². The minimum atomic E-state index is -4.66. The second-order valence-corrected chi connectivity index (χ2v) is 7.55. The number of carbonyl (C=O) groups is 1. The number of guanidine groups is 1. The normalized spacial score (nSPS) is 13.3. The molecule has 2 rings (SSSR count). The van der Waals surface area contributed by atoms with E-state index < -0.39 is 29.5 Å². The largest absolute Gasteiger partial charge is 0.432 e. The van der Waals surface area contributed by atoms with E-state index in [-0.39, 0.29) is 29.3 Å². The molecule has 0 saturated carbocycles. The number of carbonyl (C=O) groups excluding carboxylic acids is 1. The molecule has 0 saturated heterocycles. The minimum Gasteiger partial charge on any atom is -0.309 e. The minimum absolute atomic E-state index is 0.161. The van der Waals surface area contributed by atoms with E-state index in [4.69, 9.17) is 0 Å². The highest BCUT2D eigenvalue weighted by Gasteiger charge is 2.33. The number of anilines is 1. The highest BCUT2D eigenvalue weighted by Crippen LogP contribution is 2.30. The van der Waals surface area contributed by atoms with Crippen LogP contribution in [0.25, 0.3) is 0 Å². The molecular weight excluding hydrogens is 416 g/mol. The Hall–Kier alpha value is -3.05. The lowest BCUT2D eigenvalue weighted by atomic mass is 9.97. The van der Waals surface area contributed by atoms with Gasteiger partial charge in [0.05, 0.1) is 5.56 Å². The van der Waals surface area contributed by atoms with Crippen LogP contribution in [0.3, 0.4) is 0 Å². The van der Waals surface area contributed by atoms with Crippen molar-refractivity contribution in [2.45, 2.75) is 33.1 Å². The summed E-state index contributed by atoms with van der Waals surface area (Å²) in [4.78, 5) is 16.5. The van der Waals surface area contributed by atoms with Crippen molar-refractivity contribution in [1.82, 2.24) is 15.5 Å². The van der Waals surface area contributed by atoms with E-state index in [0.717, 1.165) is 12.1 Å². The topological polar surface area (TPSA) is 82.2 Å². The molecule has 6 nitrogen and oxygen atoms in total. The Morgan fingerprint density at radius 3 is 2.27 bits per heavy atom. The summed E-state index contributed by atoms with van der Waals surface area (Å²) in [7, 11) is 0. The Balaban J connectivity index is 2.25. The monoisotopic (exact) mass is 435 g/mol. The van der Waals surface area contributed by atoms with Crippen LogP contribution in [0.5, 0.6) is 0 Å². The number of alkyl halides is 6. The number of halogens is 6. The van der Waals surface area contributed by atoms with E-state index in [1.807, 2.05) is 20.8 Å². The molecule has 0 aliphatic rings. The summed E-state index contributed by atoms with van der Waals surface area (Å²) >= 11 is 0. The van der Waals surface area contributed by atoms with Crippen LogP contribution in [0, 0.1) is 5.41 Å². The average molecular weight is 435 g/mol. The molecule has 1 heterocycles. The number of benzene rings is 1. The van der Waals surface area contributed by atoms with E-state index in [9.17, 15) is 31.1 Å². The molecule has 12 heteroatoms. The van der Waals surface area contributed by atoms with Crippen molar-refractivity contribution in [1.29, 1.82) is 0 Å². The zero-order valence-electron chi connectivity index (χ0n) is 16.2. The van der Waals surface area contributed by atoms with Crippen molar-refractivity contribution < 1.29 is 31.1 Å². The van der Waals surface area contributed by atoms with Crippen LogP contribution in [-0.2, 0) is 12.4 Å². The van der Waals surface area contributed by atoms with Gasteiger partial charge in [-0.05, 0) is 23.6 Å². The van der Waals surface area contributed by atoms with Gasteiger partial charge in [0.2, 0.25) is 5.96 Å². The first-order chi connectivity index (χ1) is 13.6. The zero-order chi connectivity index (χ0) is 22.7. The number of rotatable bonds is 3. The molecule has 0 aliphatic carbocycles. The van der Waals surface area contributed by atoms with Gasteiger partial charge in [-0.15, -0.1) is 0 Å². The quantitative estimate of drug-likeness (QED) is 0.372. The molecule has 0 spiro atoms. The standard InChI is InChI=1S/C18H19F6N5O/c1-16(2,3)9-25-15(26-13-8-12(28-29-13)18(22,23)24)27-14(30)10-5-4-6-11(7-10)17(19,20)21/h4-8H,9H2,1-3H3,(H3,25,26,27,28,29,30). The van der Waals surface area contributed by atoms with Gasteiger partial charge in [0, 0.05) is 18.2 Å². The molecular formula is C18H19F6N5O. The predicted molar refractivity (Wildman–Crippen MR) is 97.9 cm³/mol. The number of nitrogens with one attached hydrogen (secondary N) is 3. The van der Waals surface area contributed by atoms with Crippen LogP contribution < -0.4 is 10.6 Å². The molecule has 0 radical (unpaired) electrons. The fourth-order valence-electron chi connectivity index (χ4n) is 2.10. The van der Waals surface area contributed by atoms with Crippen molar-refractivity contribution in [2.24, 2.45) is 10.4 Å². The van der Waals surface area contributed by atoms with Gasteiger partial charge in [-0.1, -0.05) is 26.8 Å². The number of aromatic amines is 1. The first-order valence-corrected chi connectivity index (χ1v) is 8.58. The van der Waals surface area contributed by atoms with Crippen molar-refractivity contribution in [2.75, 3.05) is 11.9 Å². The van der Waals surface area contributed by atoms with Gasteiger partial charge >= 0.3 is 12.4 Å². The van der Waals surface area contributed by atoms with Crippen LogP contribution in [0.1, 0.15) is 42.4 Å². The Bertz CT molecular complexity index is 924. The lowest BCUT2D eigenvalue weighted by molar-refractivity contribution is -0.141. The second-order valence-electron chi connectivity index (χ2n) is 7.55. The molecule has 164 valence electrons. The molecule has 1 amide bonds. The van der Waals surface area contributed by atoms with Crippen LogP contribution in [0.4, 0.5) is 32.2 Å². The number of aliphatic imine (C=N–C) groups is 1. The van der Waals surface area contributed by atoms with Crippen molar-refractivity contribution in [3.05, 3.63) is 47.2 Å². The van der Waals surface area contributed by atoms with Crippen molar-refractivity contribution in [3.8, 4) is 0 Å². The molecule has 3 N–H and O–H groups in total. The predicted octanol–water partition coefficient (Wildman–Crippen LogP) is 4.69. The smallest absolute Gasteiger partial charge is 0.309 e. The van der Waals surface area contributed by atoms with E-state index in [1.165, 1.54) is 6.07 Å². The van der Waals surface area contributed by atoms with Gasteiger partial charge in [-0.2, -0.15) is 31.4 Å². The van der Waals surface area contributed by atoms with Gasteiger partial charge in [0.15, 0.2) is 5.82 Å². The van der Waals surface area contributed by atoms with Gasteiger partial charge in [-0.25, -0.2) is 0 Å². The summed E-state index contributed by atoms with van der Waals surface area (Å²) < 4.78 is 76.7. The fourth-order valence-corrected chi connectivity index (χ4v) is 2.10. The molecule has 0 fully saturated rings. The van der Waals surface area contributed by atoms with Crippen LogP contribution in [0.2, 0.25) is 0 Å². The average Bonchev–Trinajstić information content (AvgIpc) is 3.07. The third-order valence-corrected chi connectivity index (χ3v) is 3.53. The summed E-state index contributed by atoms with van der Waals surface area (Å²) in [6.07, 6.45) is -9.29. The van der Waals surface area contributed by atoms with Crippen molar-refractivity contribution >= 4 is 17.7 Å². The van der Waals surface area contributed by atoms with Gasteiger partial charge in [0.25, 0.3) is 5.91 Å². The van der Waals surface area contributed by atoms with Crippen LogP contribution in [0.15, 0.2) is 35.3 Å². The Morgan fingerprint density at radius 1 is 1.07 bits per heavy atom. The fraction of sp³-hybridized carbons (Fsp3) is 0.389. The summed E-state index contributed by atoms with van der Waals surface area (Å²) in [6.45, 7) is 5.66. The molecule has 0 bridgehead atoms. The third-order valence-electron chi connectivity index (χ3n) is 3.53. The van der Waals surface area contributed by atoms with E-state index in [0.29, 0.717) is 12.1 Å². The molecule has 1 aromatic carbocycles. The van der Waals surface area contributed by atoms with Gasteiger partial charge < -0.3 is 5.32 Å². The first kappa shape index (κ1) is 23.2. The summed E-state index contributed by atoms with van der Waals surface area (Å²) in [6, 6.07) is 4.38. The maximum absolute atomic E-state index is 12.9. The maximum atomic E-state index is 12.9. The summed E-state index contributed by atoms with van der Waals surface area (Å²) in [5.74, 6) is -1.46. The summed E-state index contributed by atoms with van der Waals surface area (Å²) in [5, 5.41) is 9.98. The van der Waals surface area contributed by atoms with Crippen LogP contribution >= 0.6 is 0 Å². The van der Waals surface area contributed by atoms with E-state index in [1.54, 1.807) is 5.10 Å². The number of hydrogen-bond acceptors (Lipinski definition) is 3. The molecule has 0 unspecified atom stereocenters. The van der Waals surface area contributed by atoms with Gasteiger partial charge in [-0.3, -0.25) is 20.2 Å². The number of hydrogen-bond donors (Lipinski definition) is 3. The third kappa shape index (κ3) is 6.78. The van der Waals surface area contributed by atoms with Gasteiger partial charge in [0.1, 0.15) is 5.69 Å². The zero-order valence-corrected chi connectivity index (χ0v) is 16.2. The van der Waals surface area contributed by atoms with E-state index >= 15 is 0 Å². The number of aromatic nitrogens is 2. The molecule has 2 aromatic rings. The number of H-pyrrole nitrogens is 1. The Kier molecular flexibility index (Phi) is 6.48. The first-order valence-electron chi connectivity index (χ1n) is 8.58. The van der Waals surface area contributed by atoms with Crippen LogP contribution in [-0.4, -0.2) is 28.6 Å². The number of nitrogens with zero attached hydrogens (tertiary/aromatic N) is 2. The lowest BCUT2D eigenvalue weighted by Gasteiger charge is -2.17. The summed E-state index contributed by atoms with van der Waals surface area (Å²) in [5.41, 5.74) is -2.77. The molecule has 0 atom stereocenters. The number of amides is 1. The SMILES string of the molecule is CC(C)(C)CN=C(NC(=O)c1cccc(C(F)(F)F)c1)Nc1cc(C(F)(F)F)[nH]n1. The molecule has 0 aliphatic heterocycles. The molecule has 1 aromatic heterocycles. The van der Waals surface area contributed by atoms with E-state index in [2.05, 4.69) is 20.7 Å². The maximum Gasteiger partial charge on any atom is 0.432 e. The molecule has 30 heavy (non-hydrogen) atoms. The lowest BCUT2D eigenvalue weighted by Crippen LogP contribution is -2.37. The van der Waals surface area contributed by atoms with Crippen molar-refractivity contribution in [3.63, 3.8) is 0 Å². The highest BCUT2D eigenvalue weighted by molar-refractivity contribution is 6.09. The Morgan fingerprint density at radius 2 is 1.73 bits per heavy atom. The second kappa shape index (κ2) is 8.36. The highest BCUT2D eigenvalue weighted by atomic mass is 19.4.